The van der Waals surface area contributed by atoms with Crippen LogP contribution in [0.1, 0.15) is 38.1 Å². The van der Waals surface area contributed by atoms with Crippen molar-refractivity contribution in [3.63, 3.8) is 0 Å². The van der Waals surface area contributed by atoms with Gasteiger partial charge in [0.15, 0.2) is 5.78 Å². The van der Waals surface area contributed by atoms with Crippen LogP contribution >= 0.6 is 0 Å². The number of anilines is 1. The normalized spacial score (nSPS) is 12.1. The van der Waals surface area contributed by atoms with Crippen molar-refractivity contribution in [3.05, 3.63) is 23.8 Å². The minimum atomic E-state index is -0.669. The Hall–Kier alpha value is -1.92. The zero-order chi connectivity index (χ0) is 16.7. The number of rotatable bonds is 8. The molecule has 0 aliphatic heterocycles. The number of carbonyl (C=O) groups is 2. The summed E-state index contributed by atoms with van der Waals surface area (Å²) in [6, 6.07) is 5.11. The molecule has 0 fully saturated rings. The van der Waals surface area contributed by atoms with Gasteiger partial charge in [0, 0.05) is 25.2 Å². The fourth-order valence-electron chi connectivity index (χ4n) is 1.83. The summed E-state index contributed by atoms with van der Waals surface area (Å²) in [7, 11) is 0. The number of hydrogen-bond acceptors (Lipinski definition) is 5. The van der Waals surface area contributed by atoms with E-state index in [-0.39, 0.29) is 24.3 Å². The molecule has 1 aromatic carbocycles. The highest BCUT2D eigenvalue weighted by Crippen LogP contribution is 2.23. The zero-order valence-corrected chi connectivity index (χ0v) is 13.5. The van der Waals surface area contributed by atoms with Crippen molar-refractivity contribution in [1.29, 1.82) is 0 Å². The Kier molecular flexibility index (Phi) is 7.01. The van der Waals surface area contributed by atoms with Crippen molar-refractivity contribution in [3.8, 4) is 5.75 Å². The molecule has 0 unspecified atom stereocenters. The lowest BCUT2D eigenvalue weighted by Gasteiger charge is -2.16. The number of carbonyl (C=O) groups excluding carboxylic acids is 2. The molecule has 0 spiro atoms. The van der Waals surface area contributed by atoms with Gasteiger partial charge in [-0.2, -0.15) is 0 Å². The number of Topliss-reactive ketones (excluding diaryl/α,β-unsaturated/α-hetero) is 1. The minimum absolute atomic E-state index is 0.0828. The molecule has 0 saturated carbocycles. The highest BCUT2D eigenvalue weighted by atomic mass is 16.5. The van der Waals surface area contributed by atoms with Crippen LogP contribution in [0.15, 0.2) is 18.2 Å². The maximum atomic E-state index is 11.7. The average molecular weight is 308 g/mol. The average Bonchev–Trinajstić information content (AvgIpc) is 2.42. The second-order valence-corrected chi connectivity index (χ2v) is 5.48. The van der Waals surface area contributed by atoms with Gasteiger partial charge in [-0.15, -0.1) is 0 Å². The van der Waals surface area contributed by atoms with Crippen LogP contribution in [-0.4, -0.2) is 42.1 Å². The van der Waals surface area contributed by atoms with E-state index in [1.165, 1.54) is 13.8 Å². The van der Waals surface area contributed by atoms with Gasteiger partial charge in [0.25, 0.3) is 0 Å². The molecular formula is C16H24N2O4. The third-order valence-corrected chi connectivity index (χ3v) is 2.87. The molecule has 0 bridgehead atoms. The summed E-state index contributed by atoms with van der Waals surface area (Å²) < 4.78 is 5.53. The summed E-state index contributed by atoms with van der Waals surface area (Å²) in [5.74, 6) is 0.0144. The lowest BCUT2D eigenvalue weighted by molar-refractivity contribution is -0.114. The lowest BCUT2D eigenvalue weighted by atomic mass is 10.1. The Labute approximate surface area is 130 Å². The fourth-order valence-corrected chi connectivity index (χ4v) is 1.83. The van der Waals surface area contributed by atoms with Crippen LogP contribution in [0, 0.1) is 0 Å². The predicted molar refractivity (Wildman–Crippen MR) is 85.4 cm³/mol. The molecule has 0 aromatic heterocycles. The van der Waals surface area contributed by atoms with E-state index >= 15 is 0 Å². The highest BCUT2D eigenvalue weighted by Gasteiger charge is 2.13. The van der Waals surface area contributed by atoms with Gasteiger partial charge in [0.2, 0.25) is 5.91 Å². The van der Waals surface area contributed by atoms with Crippen LogP contribution in [0.4, 0.5) is 5.69 Å². The number of benzene rings is 1. The van der Waals surface area contributed by atoms with Gasteiger partial charge in [0.1, 0.15) is 18.5 Å². The molecule has 6 heteroatoms. The first-order valence-corrected chi connectivity index (χ1v) is 7.26. The fraction of sp³-hybridized carbons (Fsp3) is 0.500. The molecule has 1 atom stereocenters. The molecule has 0 aliphatic carbocycles. The van der Waals surface area contributed by atoms with Crippen molar-refractivity contribution < 1.29 is 19.4 Å². The zero-order valence-electron chi connectivity index (χ0n) is 13.5. The van der Waals surface area contributed by atoms with Gasteiger partial charge >= 0.3 is 0 Å². The molecule has 122 valence electrons. The maximum Gasteiger partial charge on any atom is 0.221 e. The number of amides is 1. The molecule has 6 nitrogen and oxygen atoms in total. The first-order chi connectivity index (χ1) is 10.3. The molecule has 1 amide bonds. The summed E-state index contributed by atoms with van der Waals surface area (Å²) >= 11 is 0. The standard InChI is InChI=1S/C16H24N2O4/c1-10(2)17-8-14(21)9-22-16-6-5-13(18-12(4)20)7-15(16)11(3)19/h5-7,10,14,17,21H,8-9H2,1-4H3,(H,18,20)/t14-/m0/s1. The van der Waals surface area contributed by atoms with Gasteiger partial charge in [-0.05, 0) is 25.1 Å². The Balaban J connectivity index is 2.73. The van der Waals surface area contributed by atoms with Crippen LogP contribution in [0.25, 0.3) is 0 Å². The van der Waals surface area contributed by atoms with E-state index in [2.05, 4.69) is 10.6 Å². The van der Waals surface area contributed by atoms with E-state index in [1.807, 2.05) is 13.8 Å². The number of hydrogen-bond donors (Lipinski definition) is 3. The van der Waals surface area contributed by atoms with Crippen LogP contribution < -0.4 is 15.4 Å². The molecule has 3 N–H and O–H groups in total. The number of nitrogens with one attached hydrogen (secondary N) is 2. The lowest BCUT2D eigenvalue weighted by Crippen LogP contribution is -2.35. The van der Waals surface area contributed by atoms with Gasteiger partial charge in [-0.3, -0.25) is 9.59 Å². The number of ketones is 1. The van der Waals surface area contributed by atoms with E-state index in [0.717, 1.165) is 0 Å². The van der Waals surface area contributed by atoms with Crippen LogP contribution in [0.5, 0.6) is 5.75 Å². The quantitative estimate of drug-likeness (QED) is 0.635. The molecular weight excluding hydrogens is 284 g/mol. The summed E-state index contributed by atoms with van der Waals surface area (Å²) in [6.07, 6.45) is -0.669. The van der Waals surface area contributed by atoms with Gasteiger partial charge in [0.05, 0.1) is 5.56 Å². The Bertz CT molecular complexity index is 529. The van der Waals surface area contributed by atoms with E-state index < -0.39 is 6.10 Å². The maximum absolute atomic E-state index is 11.7. The predicted octanol–water partition coefficient (Wildman–Crippen LogP) is 1.59. The van der Waals surface area contributed by atoms with Gasteiger partial charge < -0.3 is 20.5 Å². The molecule has 0 radical (unpaired) electrons. The summed E-state index contributed by atoms with van der Waals surface area (Å²) in [6.45, 7) is 7.30. The van der Waals surface area contributed by atoms with Crippen molar-refractivity contribution in [2.75, 3.05) is 18.5 Å². The van der Waals surface area contributed by atoms with E-state index in [9.17, 15) is 14.7 Å². The molecule has 22 heavy (non-hydrogen) atoms. The SMILES string of the molecule is CC(=O)Nc1ccc(OC[C@@H](O)CNC(C)C)c(C(C)=O)c1. The summed E-state index contributed by atoms with van der Waals surface area (Å²) in [5, 5.41) is 15.6. The number of aliphatic hydroxyl groups is 1. The van der Waals surface area contributed by atoms with Crippen LogP contribution in [0.3, 0.4) is 0 Å². The number of ether oxygens (including phenoxy) is 1. The van der Waals surface area contributed by atoms with Crippen molar-refractivity contribution in [2.45, 2.75) is 39.8 Å². The third-order valence-electron chi connectivity index (χ3n) is 2.87. The second kappa shape index (κ2) is 8.51. The summed E-state index contributed by atoms with van der Waals surface area (Å²) in [5.41, 5.74) is 0.905. The summed E-state index contributed by atoms with van der Waals surface area (Å²) in [4.78, 5) is 22.8. The minimum Gasteiger partial charge on any atom is -0.490 e. The monoisotopic (exact) mass is 308 g/mol. The first-order valence-electron chi connectivity index (χ1n) is 7.26. The van der Waals surface area contributed by atoms with Crippen molar-refractivity contribution >= 4 is 17.4 Å². The third kappa shape index (κ3) is 6.24. The van der Waals surface area contributed by atoms with Crippen molar-refractivity contribution in [2.24, 2.45) is 0 Å². The van der Waals surface area contributed by atoms with E-state index in [4.69, 9.17) is 4.74 Å². The molecule has 1 aromatic rings. The largest absolute Gasteiger partial charge is 0.490 e. The topological polar surface area (TPSA) is 87.7 Å². The first kappa shape index (κ1) is 18.1. The Morgan fingerprint density at radius 3 is 2.50 bits per heavy atom. The van der Waals surface area contributed by atoms with E-state index in [0.29, 0.717) is 23.5 Å². The molecule has 0 heterocycles. The molecule has 1 rings (SSSR count). The van der Waals surface area contributed by atoms with Gasteiger partial charge in [-0.1, -0.05) is 13.8 Å². The van der Waals surface area contributed by atoms with Crippen molar-refractivity contribution in [1.82, 2.24) is 5.32 Å². The van der Waals surface area contributed by atoms with Crippen LogP contribution in [-0.2, 0) is 4.79 Å². The van der Waals surface area contributed by atoms with Crippen LogP contribution in [0.2, 0.25) is 0 Å². The smallest absolute Gasteiger partial charge is 0.221 e. The molecule has 0 aliphatic rings. The second-order valence-electron chi connectivity index (χ2n) is 5.48. The van der Waals surface area contributed by atoms with Gasteiger partial charge in [-0.25, -0.2) is 0 Å². The Morgan fingerprint density at radius 2 is 1.95 bits per heavy atom. The van der Waals surface area contributed by atoms with E-state index in [1.54, 1.807) is 18.2 Å². The molecule has 0 saturated heterocycles. The Morgan fingerprint density at radius 1 is 1.27 bits per heavy atom. The highest BCUT2D eigenvalue weighted by molar-refractivity contribution is 5.99. The number of aliphatic hydroxyl groups excluding tert-OH is 1.